The van der Waals surface area contributed by atoms with Crippen molar-refractivity contribution in [3.63, 3.8) is 0 Å². The summed E-state index contributed by atoms with van der Waals surface area (Å²) >= 11 is 0. The van der Waals surface area contributed by atoms with Crippen molar-refractivity contribution in [3.05, 3.63) is 35.9 Å². The molecule has 2 amide bonds. The fourth-order valence-electron chi connectivity index (χ4n) is 3.44. The van der Waals surface area contributed by atoms with E-state index in [0.29, 0.717) is 44.9 Å². The lowest BCUT2D eigenvalue weighted by Gasteiger charge is -2.36. The van der Waals surface area contributed by atoms with Gasteiger partial charge in [-0.25, -0.2) is 0 Å². The molecule has 0 aromatic heterocycles. The van der Waals surface area contributed by atoms with E-state index < -0.39 is 0 Å². The Hall–Kier alpha value is -1.88. The lowest BCUT2D eigenvalue weighted by molar-refractivity contribution is -0.140. The highest BCUT2D eigenvalue weighted by molar-refractivity contribution is 5.79. The summed E-state index contributed by atoms with van der Waals surface area (Å²) in [7, 11) is 3.95. The average Bonchev–Trinajstić information content (AvgIpc) is 2.64. The Labute approximate surface area is 158 Å². The van der Waals surface area contributed by atoms with Crippen molar-refractivity contribution in [2.24, 2.45) is 5.92 Å². The molecule has 0 aliphatic carbocycles. The molecule has 1 fully saturated rings. The zero-order chi connectivity index (χ0) is 19.1. The molecule has 0 radical (unpaired) electrons. The first-order chi connectivity index (χ1) is 12.4. The van der Waals surface area contributed by atoms with E-state index in [2.05, 4.69) is 26.0 Å². The molecule has 26 heavy (non-hydrogen) atoms. The van der Waals surface area contributed by atoms with Gasteiger partial charge in [0.1, 0.15) is 0 Å². The van der Waals surface area contributed by atoms with Crippen molar-refractivity contribution in [2.45, 2.75) is 32.6 Å². The fourth-order valence-corrected chi connectivity index (χ4v) is 3.44. The van der Waals surface area contributed by atoms with Crippen LogP contribution in [0.1, 0.15) is 38.2 Å². The van der Waals surface area contributed by atoms with Gasteiger partial charge in [-0.2, -0.15) is 0 Å². The van der Waals surface area contributed by atoms with E-state index in [4.69, 9.17) is 0 Å². The van der Waals surface area contributed by atoms with Crippen molar-refractivity contribution >= 4 is 11.8 Å². The third-order valence-electron chi connectivity index (χ3n) is 5.18. The van der Waals surface area contributed by atoms with Gasteiger partial charge in [0.25, 0.3) is 0 Å². The van der Waals surface area contributed by atoms with Crippen molar-refractivity contribution in [2.75, 3.05) is 46.8 Å². The molecule has 1 saturated heterocycles. The first-order valence-electron chi connectivity index (χ1n) is 9.63. The second-order valence-electron chi connectivity index (χ2n) is 7.78. The lowest BCUT2D eigenvalue weighted by atomic mass is 9.85. The van der Waals surface area contributed by atoms with Crippen LogP contribution in [-0.2, 0) is 9.59 Å². The quantitative estimate of drug-likeness (QED) is 0.751. The Morgan fingerprint density at radius 1 is 0.962 bits per heavy atom. The van der Waals surface area contributed by atoms with Crippen LogP contribution in [0, 0.1) is 5.92 Å². The maximum Gasteiger partial charge on any atom is 0.223 e. The Balaban J connectivity index is 1.86. The van der Waals surface area contributed by atoms with E-state index >= 15 is 0 Å². The van der Waals surface area contributed by atoms with E-state index in [9.17, 15) is 9.59 Å². The number of piperazine rings is 1. The number of benzene rings is 1. The predicted octanol–water partition coefficient (Wildman–Crippen LogP) is 2.44. The maximum absolute atomic E-state index is 12.8. The van der Waals surface area contributed by atoms with Crippen molar-refractivity contribution in [1.29, 1.82) is 0 Å². The predicted molar refractivity (Wildman–Crippen MR) is 105 cm³/mol. The molecule has 1 aromatic rings. The van der Waals surface area contributed by atoms with E-state index in [1.165, 1.54) is 5.56 Å². The van der Waals surface area contributed by atoms with Gasteiger partial charge >= 0.3 is 0 Å². The molecule has 5 nitrogen and oxygen atoms in total. The summed E-state index contributed by atoms with van der Waals surface area (Å²) in [5.74, 6) is 1.04. The molecule has 2 rings (SSSR count). The minimum Gasteiger partial charge on any atom is -0.339 e. The molecule has 1 aromatic carbocycles. The largest absolute Gasteiger partial charge is 0.339 e. The second kappa shape index (κ2) is 9.72. The highest BCUT2D eigenvalue weighted by atomic mass is 16.2. The van der Waals surface area contributed by atoms with Crippen LogP contribution in [0.25, 0.3) is 0 Å². The monoisotopic (exact) mass is 359 g/mol. The number of rotatable bonds is 7. The van der Waals surface area contributed by atoms with E-state index in [1.807, 2.05) is 47.0 Å². The molecule has 144 valence electrons. The van der Waals surface area contributed by atoms with Crippen LogP contribution in [-0.4, -0.2) is 73.3 Å². The SMILES string of the molecule is CC(C)C(CC(=O)N1CCN(C(=O)CCN(C)C)CC1)c1ccccc1. The Bertz CT molecular complexity index is 578. The molecule has 1 unspecified atom stereocenters. The van der Waals surface area contributed by atoms with Gasteiger partial charge in [0.15, 0.2) is 0 Å². The lowest BCUT2D eigenvalue weighted by Crippen LogP contribution is -2.51. The van der Waals surface area contributed by atoms with Gasteiger partial charge in [0.2, 0.25) is 11.8 Å². The Morgan fingerprint density at radius 3 is 2.00 bits per heavy atom. The third-order valence-corrected chi connectivity index (χ3v) is 5.18. The van der Waals surface area contributed by atoms with E-state index in [0.717, 1.165) is 6.54 Å². The molecule has 1 aliphatic heterocycles. The zero-order valence-corrected chi connectivity index (χ0v) is 16.6. The molecular formula is C21H33N3O2. The van der Waals surface area contributed by atoms with Gasteiger partial charge in [0, 0.05) is 45.6 Å². The number of nitrogens with zero attached hydrogens (tertiary/aromatic N) is 3. The molecule has 0 saturated carbocycles. The zero-order valence-electron chi connectivity index (χ0n) is 16.6. The summed E-state index contributed by atoms with van der Waals surface area (Å²) in [6.45, 7) is 7.70. The van der Waals surface area contributed by atoms with Gasteiger partial charge in [-0.1, -0.05) is 44.2 Å². The standard InChI is InChI=1S/C21H33N3O2/c1-17(2)19(18-8-6-5-7-9-18)16-21(26)24-14-12-23(13-15-24)20(25)10-11-22(3)4/h5-9,17,19H,10-16H2,1-4H3. The van der Waals surface area contributed by atoms with E-state index in [-0.39, 0.29) is 17.7 Å². The fraction of sp³-hybridized carbons (Fsp3) is 0.619. The highest BCUT2D eigenvalue weighted by Gasteiger charge is 2.27. The van der Waals surface area contributed by atoms with Crippen molar-refractivity contribution in [3.8, 4) is 0 Å². The summed E-state index contributed by atoms with van der Waals surface area (Å²) in [6, 6.07) is 10.3. The summed E-state index contributed by atoms with van der Waals surface area (Å²) < 4.78 is 0. The van der Waals surface area contributed by atoms with E-state index in [1.54, 1.807) is 0 Å². The van der Waals surface area contributed by atoms with Gasteiger partial charge in [0.05, 0.1) is 0 Å². The highest BCUT2D eigenvalue weighted by Crippen LogP contribution is 2.28. The van der Waals surface area contributed by atoms with Crippen LogP contribution >= 0.6 is 0 Å². The molecule has 0 bridgehead atoms. The second-order valence-corrected chi connectivity index (χ2v) is 7.78. The third kappa shape index (κ3) is 5.84. The van der Waals surface area contributed by atoms with Crippen LogP contribution < -0.4 is 0 Å². The van der Waals surface area contributed by atoms with Gasteiger partial charge in [-0.15, -0.1) is 0 Å². The minimum atomic E-state index is 0.190. The smallest absolute Gasteiger partial charge is 0.223 e. The topological polar surface area (TPSA) is 43.9 Å². The molecule has 5 heteroatoms. The van der Waals surface area contributed by atoms with Crippen LogP contribution in [0.2, 0.25) is 0 Å². The molecule has 0 N–H and O–H groups in total. The average molecular weight is 360 g/mol. The first-order valence-corrected chi connectivity index (χ1v) is 9.63. The maximum atomic E-state index is 12.8. The number of carbonyl (C=O) groups excluding carboxylic acids is 2. The normalized spacial score (nSPS) is 16.2. The van der Waals surface area contributed by atoms with Crippen LogP contribution in [0.5, 0.6) is 0 Å². The van der Waals surface area contributed by atoms with Gasteiger partial charge < -0.3 is 14.7 Å². The summed E-state index contributed by atoms with van der Waals surface area (Å²) in [5, 5.41) is 0. The van der Waals surface area contributed by atoms with Gasteiger partial charge in [-0.3, -0.25) is 9.59 Å². The molecular weight excluding hydrogens is 326 g/mol. The van der Waals surface area contributed by atoms with Crippen LogP contribution in [0.15, 0.2) is 30.3 Å². The number of carbonyl (C=O) groups is 2. The Kier molecular flexibility index (Phi) is 7.64. The van der Waals surface area contributed by atoms with Gasteiger partial charge in [-0.05, 0) is 31.5 Å². The van der Waals surface area contributed by atoms with Crippen LogP contribution in [0.3, 0.4) is 0 Å². The molecule has 0 spiro atoms. The summed E-state index contributed by atoms with van der Waals surface area (Å²) in [4.78, 5) is 30.9. The Morgan fingerprint density at radius 2 is 1.50 bits per heavy atom. The number of hydrogen-bond acceptors (Lipinski definition) is 3. The minimum absolute atomic E-state index is 0.190. The summed E-state index contributed by atoms with van der Waals surface area (Å²) in [5.41, 5.74) is 1.23. The van der Waals surface area contributed by atoms with Crippen molar-refractivity contribution in [1.82, 2.24) is 14.7 Å². The molecule has 1 heterocycles. The first kappa shape index (κ1) is 20.4. The molecule has 1 aliphatic rings. The molecule has 1 atom stereocenters. The summed E-state index contributed by atoms with van der Waals surface area (Å²) in [6.07, 6.45) is 1.08. The van der Waals surface area contributed by atoms with Crippen molar-refractivity contribution < 1.29 is 9.59 Å². The number of hydrogen-bond donors (Lipinski definition) is 0. The van der Waals surface area contributed by atoms with Crippen LogP contribution in [0.4, 0.5) is 0 Å². The number of amides is 2.